The minimum Gasteiger partial charge on any atom is -0.618 e. The molecule has 0 bridgehead atoms. The average molecular weight is 385 g/mol. The number of ether oxygens (including phenoxy) is 1. The van der Waals surface area contributed by atoms with Crippen LogP contribution in [-0.4, -0.2) is 0 Å². The molecule has 0 aliphatic rings. The lowest BCUT2D eigenvalue weighted by atomic mass is 9.93. The summed E-state index contributed by atoms with van der Waals surface area (Å²) in [5.74, 6) is 0.306. The molecular weight excluding hydrogens is 365 g/mol. The van der Waals surface area contributed by atoms with E-state index in [4.69, 9.17) is 4.74 Å². The Bertz CT molecular complexity index is 1190. The summed E-state index contributed by atoms with van der Waals surface area (Å²) in [6.45, 7) is 6.28. The highest BCUT2D eigenvalue weighted by molar-refractivity contribution is 5.98. The molecule has 0 amide bonds. The maximum Gasteiger partial charge on any atom is 0.228 e. The fourth-order valence-electron chi connectivity index (χ4n) is 3.38. The first-order valence-corrected chi connectivity index (χ1v) is 9.31. The normalized spacial score (nSPS) is 10.8. The van der Waals surface area contributed by atoms with Crippen LogP contribution in [0, 0.1) is 11.0 Å². The lowest BCUT2D eigenvalue weighted by Crippen LogP contribution is -2.27. The van der Waals surface area contributed by atoms with Crippen LogP contribution in [0.1, 0.15) is 18.1 Å². The molecular formula is C25H20FNO2. The predicted octanol–water partition coefficient (Wildman–Crippen LogP) is 5.89. The van der Waals surface area contributed by atoms with Crippen LogP contribution in [0.3, 0.4) is 0 Å². The van der Waals surface area contributed by atoms with Gasteiger partial charge in [0.1, 0.15) is 18.2 Å². The van der Waals surface area contributed by atoms with Crippen molar-refractivity contribution in [2.45, 2.75) is 13.5 Å². The zero-order valence-corrected chi connectivity index (χ0v) is 16.1. The molecule has 1 heterocycles. The van der Waals surface area contributed by atoms with E-state index in [1.807, 2.05) is 49.4 Å². The lowest BCUT2D eigenvalue weighted by Gasteiger charge is -2.14. The summed E-state index contributed by atoms with van der Waals surface area (Å²) in [5.41, 5.74) is 4.71. The number of rotatable bonds is 5. The second kappa shape index (κ2) is 7.76. The molecule has 3 aromatic carbocycles. The fraction of sp³-hybridized carbons (Fsp3) is 0.0800. The quantitative estimate of drug-likeness (QED) is 0.317. The molecule has 0 unspecified atom stereocenters. The Balaban J connectivity index is 1.81. The molecule has 3 nitrogen and oxygen atoms in total. The van der Waals surface area contributed by atoms with Gasteiger partial charge >= 0.3 is 0 Å². The van der Waals surface area contributed by atoms with Gasteiger partial charge in [-0.1, -0.05) is 49.0 Å². The van der Waals surface area contributed by atoms with Gasteiger partial charge in [-0.05, 0) is 47.9 Å². The van der Waals surface area contributed by atoms with Gasteiger partial charge in [0.2, 0.25) is 5.52 Å². The highest BCUT2D eigenvalue weighted by atomic mass is 19.1. The zero-order valence-electron chi connectivity index (χ0n) is 16.1. The van der Waals surface area contributed by atoms with Crippen molar-refractivity contribution in [3.05, 3.63) is 108 Å². The highest BCUT2D eigenvalue weighted by Gasteiger charge is 2.18. The summed E-state index contributed by atoms with van der Waals surface area (Å²) >= 11 is 0. The van der Waals surface area contributed by atoms with E-state index in [-0.39, 0.29) is 5.82 Å². The van der Waals surface area contributed by atoms with E-state index in [0.29, 0.717) is 17.9 Å². The van der Waals surface area contributed by atoms with E-state index in [9.17, 15) is 9.60 Å². The van der Waals surface area contributed by atoms with E-state index in [1.54, 1.807) is 18.2 Å². The lowest BCUT2D eigenvalue weighted by molar-refractivity contribution is -0.577. The molecule has 4 heteroatoms. The average Bonchev–Trinajstić information content (AvgIpc) is 2.74. The van der Waals surface area contributed by atoms with E-state index in [1.165, 1.54) is 18.3 Å². The minimum atomic E-state index is -0.304. The second-order valence-corrected chi connectivity index (χ2v) is 6.98. The van der Waals surface area contributed by atoms with E-state index in [0.717, 1.165) is 37.9 Å². The summed E-state index contributed by atoms with van der Waals surface area (Å²) in [7, 11) is 0. The maximum absolute atomic E-state index is 13.4. The molecule has 0 saturated carbocycles. The monoisotopic (exact) mass is 385 g/mol. The Kier molecular flexibility index (Phi) is 5.00. The van der Waals surface area contributed by atoms with Gasteiger partial charge in [-0.15, -0.1) is 0 Å². The summed E-state index contributed by atoms with van der Waals surface area (Å²) in [5, 5.41) is 13.5. The van der Waals surface area contributed by atoms with Gasteiger partial charge in [-0.2, -0.15) is 4.73 Å². The van der Waals surface area contributed by atoms with Crippen LogP contribution in [0.2, 0.25) is 0 Å². The van der Waals surface area contributed by atoms with E-state index < -0.39 is 0 Å². The van der Waals surface area contributed by atoms with Crippen molar-refractivity contribution in [2.75, 3.05) is 0 Å². The van der Waals surface area contributed by atoms with Crippen LogP contribution in [0.4, 0.5) is 4.39 Å². The van der Waals surface area contributed by atoms with Gasteiger partial charge < -0.3 is 9.94 Å². The van der Waals surface area contributed by atoms with Crippen molar-refractivity contribution in [3.63, 3.8) is 0 Å². The van der Waals surface area contributed by atoms with Gasteiger partial charge in [0, 0.05) is 5.56 Å². The number of hydrogen-bond donors (Lipinski definition) is 0. The van der Waals surface area contributed by atoms with Gasteiger partial charge in [-0.25, -0.2) is 4.39 Å². The summed E-state index contributed by atoms with van der Waals surface area (Å²) < 4.78 is 20.1. The standard InChI is InChI=1S/C25H20FNO2/c1-17(2)23-15-27(28)24-14-21(29-16-18-6-4-3-5-7-18)12-13-22(24)25(23)19-8-10-20(26)11-9-19/h3-15H,1,16H2,2H3. The molecule has 0 atom stereocenters. The van der Waals surface area contributed by atoms with Crippen molar-refractivity contribution in [3.8, 4) is 16.9 Å². The number of hydrogen-bond acceptors (Lipinski definition) is 2. The molecule has 4 aromatic rings. The van der Waals surface area contributed by atoms with Gasteiger partial charge in [0.25, 0.3) is 0 Å². The fourth-order valence-corrected chi connectivity index (χ4v) is 3.38. The summed E-state index contributed by atoms with van der Waals surface area (Å²) in [6, 6.07) is 21.6. The minimum absolute atomic E-state index is 0.304. The third-order valence-electron chi connectivity index (χ3n) is 4.83. The van der Waals surface area contributed by atoms with E-state index >= 15 is 0 Å². The zero-order chi connectivity index (χ0) is 20.4. The number of benzene rings is 3. The molecule has 144 valence electrons. The van der Waals surface area contributed by atoms with Gasteiger partial charge in [-0.3, -0.25) is 0 Å². The van der Waals surface area contributed by atoms with Crippen LogP contribution in [0.15, 0.2) is 85.6 Å². The maximum atomic E-state index is 13.4. The van der Waals surface area contributed by atoms with Crippen molar-refractivity contribution in [1.82, 2.24) is 0 Å². The Hall–Kier alpha value is -3.66. The van der Waals surface area contributed by atoms with Gasteiger partial charge in [0.15, 0.2) is 6.20 Å². The van der Waals surface area contributed by atoms with Crippen molar-refractivity contribution in [1.29, 1.82) is 0 Å². The molecule has 0 spiro atoms. The molecule has 29 heavy (non-hydrogen) atoms. The number of halogens is 1. The highest BCUT2D eigenvalue weighted by Crippen LogP contribution is 2.35. The van der Waals surface area contributed by atoms with E-state index in [2.05, 4.69) is 6.58 Å². The molecule has 0 aliphatic carbocycles. The Morgan fingerprint density at radius 2 is 1.76 bits per heavy atom. The number of nitrogens with zero attached hydrogens (tertiary/aromatic N) is 1. The Morgan fingerprint density at radius 1 is 1.03 bits per heavy atom. The van der Waals surface area contributed by atoms with Crippen molar-refractivity contribution < 1.29 is 13.9 Å². The molecule has 0 saturated heterocycles. The van der Waals surface area contributed by atoms with Crippen molar-refractivity contribution in [2.24, 2.45) is 0 Å². The molecule has 0 radical (unpaired) electrons. The molecule has 0 fully saturated rings. The second-order valence-electron chi connectivity index (χ2n) is 6.98. The number of pyridine rings is 1. The first kappa shape index (κ1) is 18.7. The molecule has 4 rings (SSSR count). The first-order valence-electron chi connectivity index (χ1n) is 9.31. The topological polar surface area (TPSA) is 36.2 Å². The number of allylic oxidation sites excluding steroid dienone is 1. The largest absolute Gasteiger partial charge is 0.618 e. The Labute approximate surface area is 168 Å². The van der Waals surface area contributed by atoms with Crippen LogP contribution in [0.25, 0.3) is 27.6 Å². The van der Waals surface area contributed by atoms with Crippen LogP contribution >= 0.6 is 0 Å². The van der Waals surface area contributed by atoms with Gasteiger partial charge in [0.05, 0.1) is 17.0 Å². The Morgan fingerprint density at radius 3 is 2.45 bits per heavy atom. The molecule has 0 N–H and O–H groups in total. The third-order valence-corrected chi connectivity index (χ3v) is 4.83. The van der Waals surface area contributed by atoms with Crippen molar-refractivity contribution >= 4 is 16.5 Å². The van der Waals surface area contributed by atoms with Crippen LogP contribution < -0.4 is 9.47 Å². The smallest absolute Gasteiger partial charge is 0.228 e. The predicted molar refractivity (Wildman–Crippen MR) is 114 cm³/mol. The van der Waals surface area contributed by atoms with Crippen LogP contribution in [-0.2, 0) is 6.61 Å². The molecule has 0 aliphatic heterocycles. The summed E-state index contributed by atoms with van der Waals surface area (Å²) in [6.07, 6.45) is 1.52. The number of aromatic nitrogens is 1. The summed E-state index contributed by atoms with van der Waals surface area (Å²) in [4.78, 5) is 0. The molecule has 1 aromatic heterocycles. The SMILES string of the molecule is C=C(C)c1c[n+]([O-])c2cc(OCc3ccccc3)ccc2c1-c1ccc(F)cc1. The third kappa shape index (κ3) is 3.83. The first-order chi connectivity index (χ1) is 14.0. The number of fused-ring (bicyclic) bond motifs is 1. The van der Waals surface area contributed by atoms with Crippen LogP contribution in [0.5, 0.6) is 5.75 Å².